The number of rotatable bonds is 10. The average molecular weight is 626 g/mol. The van der Waals surface area contributed by atoms with Gasteiger partial charge in [0.25, 0.3) is 5.91 Å². The number of carbonyl (C=O) groups excluding carboxylic acids is 1. The smallest absolute Gasteiger partial charge is 0.261 e. The molecule has 0 radical (unpaired) electrons. The maximum Gasteiger partial charge on any atom is 0.261 e. The van der Waals surface area contributed by atoms with E-state index in [1.165, 1.54) is 0 Å². The monoisotopic (exact) mass is 625 g/mol. The number of fused-ring (bicyclic) bond motifs is 3. The minimum Gasteiger partial charge on any atom is -0.497 e. The number of ether oxygens (including phenoxy) is 3. The molecular weight excluding hydrogens is 594 g/mol. The highest BCUT2D eigenvalue weighted by molar-refractivity contribution is 6.32. The Morgan fingerprint density at radius 3 is 2.60 bits per heavy atom. The molecule has 1 amide bonds. The molecule has 230 valence electrons. The molecule has 1 fully saturated rings. The fourth-order valence-corrected chi connectivity index (χ4v) is 5.92. The number of aryl methyl sites for hydroxylation is 1. The number of carbonyl (C=O) groups is 1. The van der Waals surface area contributed by atoms with Crippen LogP contribution in [0.25, 0.3) is 10.9 Å². The normalized spacial score (nSPS) is 14.0. The van der Waals surface area contributed by atoms with Crippen LogP contribution in [0.2, 0.25) is 5.15 Å². The molecular formula is C33H32ClN7O4. The molecule has 0 atom stereocenters. The van der Waals surface area contributed by atoms with Crippen molar-refractivity contribution in [3.05, 3.63) is 93.8 Å². The van der Waals surface area contributed by atoms with Gasteiger partial charge in [-0.3, -0.25) is 14.4 Å². The van der Waals surface area contributed by atoms with Gasteiger partial charge in [-0.25, -0.2) is 15.0 Å². The lowest BCUT2D eigenvalue weighted by molar-refractivity contribution is 0.0984. The van der Waals surface area contributed by atoms with Crippen molar-refractivity contribution in [1.82, 2.24) is 24.7 Å². The minimum absolute atomic E-state index is 0.232. The van der Waals surface area contributed by atoms with Gasteiger partial charge < -0.3 is 19.5 Å². The first-order valence-corrected chi connectivity index (χ1v) is 15.1. The summed E-state index contributed by atoms with van der Waals surface area (Å²) in [6.45, 7) is 1.72. The number of nitrogens with one attached hydrogen (secondary N) is 1. The molecule has 45 heavy (non-hydrogen) atoms. The Kier molecular flexibility index (Phi) is 7.72. The van der Waals surface area contributed by atoms with Crippen molar-refractivity contribution in [3.8, 4) is 11.5 Å². The SMILES string of the molecule is COc1ccc(CNc2nc3cc(CN(C(=O)c4cnc(C5CC5)nc4)c4cn(C)nc4Cl)ccc3c3c2COC3)c(OC)c1. The second kappa shape index (κ2) is 12.0. The highest BCUT2D eigenvalue weighted by Crippen LogP contribution is 2.38. The molecule has 2 aliphatic rings. The summed E-state index contributed by atoms with van der Waals surface area (Å²) in [5.41, 5.74) is 5.67. The zero-order valence-corrected chi connectivity index (χ0v) is 26.0. The third kappa shape index (κ3) is 5.76. The fourth-order valence-electron chi connectivity index (χ4n) is 5.65. The number of methoxy groups -OCH3 is 2. The van der Waals surface area contributed by atoms with E-state index in [4.69, 9.17) is 30.8 Å². The van der Waals surface area contributed by atoms with E-state index in [-0.39, 0.29) is 17.6 Å². The Morgan fingerprint density at radius 2 is 1.89 bits per heavy atom. The summed E-state index contributed by atoms with van der Waals surface area (Å²) < 4.78 is 18.4. The van der Waals surface area contributed by atoms with Crippen LogP contribution in [-0.2, 0) is 38.1 Å². The molecule has 7 rings (SSSR count). The largest absolute Gasteiger partial charge is 0.497 e. The number of hydrogen-bond donors (Lipinski definition) is 1. The van der Waals surface area contributed by atoms with Crippen LogP contribution < -0.4 is 19.7 Å². The number of halogens is 1. The van der Waals surface area contributed by atoms with E-state index >= 15 is 0 Å². The van der Waals surface area contributed by atoms with E-state index in [0.29, 0.717) is 36.9 Å². The second-order valence-corrected chi connectivity index (χ2v) is 11.6. The molecule has 0 bridgehead atoms. The van der Waals surface area contributed by atoms with Crippen LogP contribution in [0, 0.1) is 0 Å². The molecule has 0 unspecified atom stereocenters. The van der Waals surface area contributed by atoms with Crippen LogP contribution in [0.4, 0.5) is 11.5 Å². The van der Waals surface area contributed by atoms with Crippen LogP contribution in [0.5, 0.6) is 11.5 Å². The summed E-state index contributed by atoms with van der Waals surface area (Å²) in [7, 11) is 5.04. The highest BCUT2D eigenvalue weighted by atomic mass is 35.5. The first kappa shape index (κ1) is 29.0. The van der Waals surface area contributed by atoms with Crippen LogP contribution >= 0.6 is 11.6 Å². The second-order valence-electron chi connectivity index (χ2n) is 11.3. The number of nitrogens with zero attached hydrogens (tertiary/aromatic N) is 6. The van der Waals surface area contributed by atoms with Crippen LogP contribution in [0.15, 0.2) is 55.0 Å². The van der Waals surface area contributed by atoms with Gasteiger partial charge in [-0.1, -0.05) is 23.7 Å². The fraction of sp³-hybridized carbons (Fsp3) is 0.303. The van der Waals surface area contributed by atoms with Crippen molar-refractivity contribution in [2.24, 2.45) is 7.05 Å². The molecule has 4 heterocycles. The predicted octanol–water partition coefficient (Wildman–Crippen LogP) is 5.80. The Morgan fingerprint density at radius 1 is 1.09 bits per heavy atom. The summed E-state index contributed by atoms with van der Waals surface area (Å²) in [5, 5.41) is 9.02. The van der Waals surface area contributed by atoms with Crippen molar-refractivity contribution in [2.45, 2.75) is 45.1 Å². The lowest BCUT2D eigenvalue weighted by Gasteiger charge is -2.22. The zero-order chi connectivity index (χ0) is 31.1. The molecule has 12 heteroatoms. The number of aromatic nitrogens is 5. The molecule has 2 aromatic carbocycles. The van der Waals surface area contributed by atoms with Crippen LogP contribution in [0.3, 0.4) is 0 Å². The maximum absolute atomic E-state index is 13.9. The number of anilines is 2. The van der Waals surface area contributed by atoms with Crippen molar-refractivity contribution in [1.29, 1.82) is 0 Å². The van der Waals surface area contributed by atoms with E-state index in [1.54, 1.807) is 49.4 Å². The standard InChI is InChI=1S/C33H32ClN7O4/c1-40-16-28(30(34)39-40)41(33(42)22-13-35-31(36-14-22)20-5-6-20)15-19-4-9-24-25-17-45-18-26(25)32(38-27(24)10-19)37-12-21-7-8-23(43-2)11-29(21)44-3/h4,7-11,13-14,16,20H,5-6,12,15,17-18H2,1-3H3,(H,37,38). The Balaban J connectivity index is 1.20. The van der Waals surface area contributed by atoms with Gasteiger partial charge in [-0.2, -0.15) is 5.10 Å². The Labute approximate surface area is 265 Å². The molecule has 1 saturated carbocycles. The van der Waals surface area contributed by atoms with Gasteiger partial charge >= 0.3 is 0 Å². The lowest BCUT2D eigenvalue weighted by Crippen LogP contribution is -2.30. The van der Waals surface area contributed by atoms with Gasteiger partial charge in [-0.05, 0) is 42.2 Å². The van der Waals surface area contributed by atoms with Crippen molar-refractivity contribution < 1.29 is 19.0 Å². The van der Waals surface area contributed by atoms with E-state index in [1.807, 2.05) is 36.4 Å². The highest BCUT2D eigenvalue weighted by Gasteiger charge is 2.28. The summed E-state index contributed by atoms with van der Waals surface area (Å²) in [6.07, 6.45) is 7.10. The van der Waals surface area contributed by atoms with Crippen molar-refractivity contribution in [3.63, 3.8) is 0 Å². The average Bonchev–Trinajstić information content (AvgIpc) is 3.69. The number of pyridine rings is 1. The first-order chi connectivity index (χ1) is 21.9. The summed E-state index contributed by atoms with van der Waals surface area (Å²) in [5.74, 6) is 3.12. The van der Waals surface area contributed by atoms with Gasteiger partial charge in [0.15, 0.2) is 5.15 Å². The maximum atomic E-state index is 13.9. The predicted molar refractivity (Wildman–Crippen MR) is 170 cm³/mol. The molecule has 0 spiro atoms. The molecule has 5 aromatic rings. The lowest BCUT2D eigenvalue weighted by atomic mass is 10.0. The first-order valence-electron chi connectivity index (χ1n) is 14.7. The molecule has 11 nitrogen and oxygen atoms in total. The molecule has 1 aliphatic heterocycles. The van der Waals surface area contributed by atoms with Crippen LogP contribution in [-0.4, -0.2) is 44.9 Å². The van der Waals surface area contributed by atoms with Gasteiger partial charge in [0.2, 0.25) is 0 Å². The quantitative estimate of drug-likeness (QED) is 0.206. The van der Waals surface area contributed by atoms with Crippen LogP contribution in [0.1, 0.15) is 57.2 Å². The molecule has 1 aliphatic carbocycles. The summed E-state index contributed by atoms with van der Waals surface area (Å²) in [6, 6.07) is 11.8. The Hall–Kier alpha value is -4.74. The van der Waals surface area contributed by atoms with Gasteiger partial charge in [0, 0.05) is 54.5 Å². The number of benzene rings is 2. The summed E-state index contributed by atoms with van der Waals surface area (Å²) in [4.78, 5) is 29.4. The number of hydrogen-bond acceptors (Lipinski definition) is 9. The van der Waals surface area contributed by atoms with Gasteiger partial charge in [0.05, 0.1) is 51.3 Å². The van der Waals surface area contributed by atoms with E-state index in [9.17, 15) is 4.79 Å². The van der Waals surface area contributed by atoms with E-state index in [0.717, 1.165) is 69.1 Å². The molecule has 0 saturated heterocycles. The summed E-state index contributed by atoms with van der Waals surface area (Å²) >= 11 is 6.51. The van der Waals surface area contributed by atoms with Gasteiger partial charge in [0.1, 0.15) is 28.8 Å². The van der Waals surface area contributed by atoms with Crippen molar-refractivity contribution >= 4 is 39.9 Å². The van der Waals surface area contributed by atoms with Crippen molar-refractivity contribution in [2.75, 3.05) is 24.4 Å². The third-order valence-electron chi connectivity index (χ3n) is 8.21. The zero-order valence-electron chi connectivity index (χ0n) is 25.2. The molecule has 1 N–H and O–H groups in total. The number of amides is 1. The molecule has 3 aromatic heterocycles. The third-order valence-corrected chi connectivity index (χ3v) is 8.48. The van der Waals surface area contributed by atoms with Gasteiger partial charge in [-0.15, -0.1) is 0 Å². The Bertz CT molecular complexity index is 1910. The minimum atomic E-state index is -0.265. The van der Waals surface area contributed by atoms with E-state index < -0.39 is 0 Å². The topological polar surface area (TPSA) is 117 Å². The van der Waals surface area contributed by atoms with E-state index in [2.05, 4.69) is 20.4 Å².